The molecule has 18 heavy (non-hydrogen) atoms. The van der Waals surface area contributed by atoms with E-state index in [0.717, 1.165) is 12.8 Å². The maximum absolute atomic E-state index is 3.25. The van der Waals surface area contributed by atoms with Crippen LogP contribution in [-0.4, -0.2) is 6.88 Å². The standard InChI is InChI=1S/C6H7.C5H5.C2H5.CH3.2ClH.H2Si.Zr/c1-6-4-2-3-5-6;1-2-4-5-3-1;1-2;;;;;/h2,4H,3H2,1H3;1-3H,4H2;1H2,2H3;1H3;2*1H;1H2;/q4*-1;;;;. The summed E-state index contributed by atoms with van der Waals surface area (Å²) in [6, 6.07) is 0. The zero-order valence-electron chi connectivity index (χ0n) is 11.5. The summed E-state index contributed by atoms with van der Waals surface area (Å²) in [5.41, 5.74) is 1.27. The number of hydrogen-bond acceptors (Lipinski definition) is 0. The zero-order chi connectivity index (χ0) is 11.9. The molecule has 0 radical (unpaired) electrons. The minimum atomic E-state index is 0. The van der Waals surface area contributed by atoms with Crippen LogP contribution in [0.4, 0.5) is 0 Å². The first-order valence-corrected chi connectivity index (χ1v) is 10.8. The van der Waals surface area contributed by atoms with Gasteiger partial charge in [-0.2, -0.15) is 19.1 Å². The Labute approximate surface area is 143 Å². The molecule has 0 amide bonds. The summed E-state index contributed by atoms with van der Waals surface area (Å²) in [6.45, 7) is 9.01. The Morgan fingerprint density at radius 3 is 1.83 bits per heavy atom. The number of halogens is 2. The van der Waals surface area contributed by atoms with Crippen molar-refractivity contribution in [2.75, 3.05) is 0 Å². The van der Waals surface area contributed by atoms with Crippen molar-refractivity contribution in [3.05, 3.63) is 62.5 Å². The van der Waals surface area contributed by atoms with Gasteiger partial charge < -0.3 is 14.4 Å². The van der Waals surface area contributed by atoms with Crippen LogP contribution in [0.5, 0.6) is 0 Å². The fraction of sp³-hybridized carbons (Fsp3) is 0.286. The van der Waals surface area contributed by atoms with Crippen molar-refractivity contribution in [2.45, 2.75) is 26.7 Å². The van der Waals surface area contributed by atoms with Crippen LogP contribution in [0, 0.1) is 26.5 Å². The normalized spacial score (nSPS) is 11.6. The predicted molar refractivity (Wildman–Crippen MR) is 88.2 cm³/mol. The topological polar surface area (TPSA) is 0 Å². The molecule has 0 saturated heterocycles. The molecule has 2 aliphatic carbocycles. The van der Waals surface area contributed by atoms with E-state index < -0.39 is 0 Å². The van der Waals surface area contributed by atoms with Crippen LogP contribution in [0.15, 0.2) is 36.0 Å². The quantitative estimate of drug-likeness (QED) is 0.435. The summed E-state index contributed by atoms with van der Waals surface area (Å²) in [5, 5.41) is 0. The fourth-order valence-electron chi connectivity index (χ4n) is 0.855. The molecule has 0 saturated carbocycles. The molecule has 106 valence electrons. The average molecular weight is 383 g/mol. The predicted octanol–water partition coefficient (Wildman–Crippen LogP) is 4.22. The van der Waals surface area contributed by atoms with Crippen molar-refractivity contribution in [3.8, 4) is 0 Å². The van der Waals surface area contributed by atoms with Crippen LogP contribution in [0.2, 0.25) is 0 Å². The molecule has 0 heterocycles. The van der Waals surface area contributed by atoms with Gasteiger partial charge in [-0.25, -0.2) is 23.8 Å². The van der Waals surface area contributed by atoms with E-state index in [1.54, 1.807) is 30.3 Å². The van der Waals surface area contributed by atoms with E-state index in [9.17, 15) is 0 Å². The van der Waals surface area contributed by atoms with E-state index in [4.69, 9.17) is 0 Å². The molecule has 0 fully saturated rings. The Balaban J connectivity index is -0.0000000437. The van der Waals surface area contributed by atoms with Crippen molar-refractivity contribution >= 4 is 31.7 Å². The zero-order valence-corrected chi connectivity index (χ0v) is 17.0. The Bertz CT molecular complexity index is 233. The number of allylic oxidation sites excluding steroid dienone is 8. The SMILES string of the molecule is CC1=[C-]CC=C1.Cl.Cl.[C-]1=CC=CC1.[CH2-]C.[CH3-].[SiH2]=[Zr]. The van der Waals surface area contributed by atoms with Gasteiger partial charge in [0.05, 0.1) is 0 Å². The summed E-state index contributed by atoms with van der Waals surface area (Å²) in [5.74, 6) is 0. The van der Waals surface area contributed by atoms with E-state index in [1.807, 2.05) is 19.0 Å². The van der Waals surface area contributed by atoms with Gasteiger partial charge in [-0.1, -0.05) is 6.92 Å². The fourth-order valence-corrected chi connectivity index (χ4v) is 0.855. The van der Waals surface area contributed by atoms with Gasteiger partial charge in [0.15, 0.2) is 0 Å². The van der Waals surface area contributed by atoms with Gasteiger partial charge in [-0.05, 0) is 0 Å². The summed E-state index contributed by atoms with van der Waals surface area (Å²) in [7, 11) is 0. The third-order valence-corrected chi connectivity index (χ3v) is 1.45. The molecule has 2 rings (SSSR count). The average Bonchev–Trinajstić information content (AvgIpc) is 2.98. The van der Waals surface area contributed by atoms with Crippen molar-refractivity contribution in [1.82, 2.24) is 0 Å². The van der Waals surface area contributed by atoms with Crippen LogP contribution >= 0.6 is 24.8 Å². The van der Waals surface area contributed by atoms with Crippen molar-refractivity contribution < 1.29 is 23.3 Å². The van der Waals surface area contributed by atoms with Crippen molar-refractivity contribution in [1.29, 1.82) is 0 Å². The maximum atomic E-state index is 3.25. The monoisotopic (exact) mass is 380 g/mol. The van der Waals surface area contributed by atoms with Crippen LogP contribution in [0.1, 0.15) is 26.7 Å². The second kappa shape index (κ2) is 30.6. The van der Waals surface area contributed by atoms with Gasteiger partial charge >= 0.3 is 30.2 Å². The van der Waals surface area contributed by atoms with E-state index in [0.29, 0.717) is 0 Å². The molecule has 0 aromatic rings. The van der Waals surface area contributed by atoms with Crippen LogP contribution < -0.4 is 0 Å². The summed E-state index contributed by atoms with van der Waals surface area (Å²) in [4.78, 5) is 0. The number of rotatable bonds is 0. The first kappa shape index (κ1) is 31.2. The van der Waals surface area contributed by atoms with E-state index in [-0.39, 0.29) is 32.2 Å². The first-order chi connectivity index (χ1) is 7.39. The van der Waals surface area contributed by atoms with Crippen LogP contribution in [0.3, 0.4) is 0 Å². The van der Waals surface area contributed by atoms with Gasteiger partial charge in [0.1, 0.15) is 0 Å². The van der Waals surface area contributed by atoms with E-state index in [2.05, 4.69) is 44.2 Å². The molecule has 0 aromatic carbocycles. The van der Waals surface area contributed by atoms with Gasteiger partial charge in [0.2, 0.25) is 0 Å². The van der Waals surface area contributed by atoms with Gasteiger partial charge in [0, 0.05) is 0 Å². The minimum absolute atomic E-state index is 0. The second-order valence-electron chi connectivity index (χ2n) is 2.47. The molecular formula is C14H24Cl2SiZr-4. The molecule has 0 spiro atoms. The molecule has 0 unspecified atom stereocenters. The molecular weight excluding hydrogens is 358 g/mol. The third kappa shape index (κ3) is 25.5. The Morgan fingerprint density at radius 2 is 1.72 bits per heavy atom. The van der Waals surface area contributed by atoms with Crippen LogP contribution in [-0.2, 0) is 23.3 Å². The van der Waals surface area contributed by atoms with E-state index >= 15 is 0 Å². The van der Waals surface area contributed by atoms with Gasteiger partial charge in [-0.3, -0.25) is 12.2 Å². The molecule has 0 atom stereocenters. The molecule has 4 heteroatoms. The Morgan fingerprint density at radius 1 is 1.17 bits per heavy atom. The Hall–Kier alpha value is 0.640. The first-order valence-electron chi connectivity index (χ1n) is 4.91. The molecule has 0 nitrogen and oxygen atoms in total. The summed E-state index contributed by atoms with van der Waals surface area (Å²) < 4.78 is 0. The van der Waals surface area contributed by atoms with Gasteiger partial charge in [0.25, 0.3) is 0 Å². The molecule has 0 bridgehead atoms. The van der Waals surface area contributed by atoms with Crippen molar-refractivity contribution in [3.63, 3.8) is 0 Å². The second-order valence-corrected chi connectivity index (χ2v) is 2.47. The third-order valence-electron chi connectivity index (χ3n) is 1.45. The molecule has 0 aromatic heterocycles. The van der Waals surface area contributed by atoms with E-state index in [1.165, 1.54) is 5.57 Å². The molecule has 0 aliphatic heterocycles. The van der Waals surface area contributed by atoms with Crippen LogP contribution in [0.25, 0.3) is 0 Å². The number of hydrogen-bond donors (Lipinski definition) is 0. The summed E-state index contributed by atoms with van der Waals surface area (Å²) in [6.07, 6.45) is 18.3. The summed E-state index contributed by atoms with van der Waals surface area (Å²) >= 11 is 1.58. The Kier molecular flexibility index (Phi) is 52.9. The van der Waals surface area contributed by atoms with Gasteiger partial charge in [-0.15, -0.1) is 37.7 Å². The van der Waals surface area contributed by atoms with Crippen molar-refractivity contribution in [2.24, 2.45) is 0 Å². The molecule has 2 aliphatic rings. The molecule has 0 N–H and O–H groups in total.